The Hall–Kier alpha value is -1.62. The zero-order valence-electron chi connectivity index (χ0n) is 8.24. The van der Waals surface area contributed by atoms with Crippen LogP contribution in [0.5, 0.6) is 0 Å². The van der Waals surface area contributed by atoms with Crippen LogP contribution in [-0.2, 0) is 0 Å². The number of azo groups is 1. The predicted octanol–water partition coefficient (Wildman–Crippen LogP) is 3.15. The highest BCUT2D eigenvalue weighted by molar-refractivity contribution is 7.21. The van der Waals surface area contributed by atoms with Gasteiger partial charge in [-0.3, -0.25) is 4.79 Å². The molecular weight excluding hydrogens is 210 g/mol. The van der Waals surface area contributed by atoms with Gasteiger partial charge in [0.2, 0.25) is 0 Å². The number of hydrogen-bond donors (Lipinski definition) is 0. The summed E-state index contributed by atoms with van der Waals surface area (Å²) < 4.78 is 0. The van der Waals surface area contributed by atoms with Crippen molar-refractivity contribution in [2.45, 2.75) is 13.8 Å². The van der Waals surface area contributed by atoms with E-state index in [0.29, 0.717) is 10.6 Å². The number of amides is 1. The molecule has 74 valence electrons. The minimum absolute atomic E-state index is 0.245. The van der Waals surface area contributed by atoms with Crippen LogP contribution in [0.25, 0.3) is 10.2 Å². The van der Waals surface area contributed by atoms with Gasteiger partial charge in [-0.1, -0.05) is 0 Å². The molecule has 0 atom stereocenters. The van der Waals surface area contributed by atoms with Crippen LogP contribution in [0.4, 0.5) is 5.69 Å². The standard InChI is InChI=1S/C10H7N3OS/c1-4-3-5(2)11-10-6(4)7-8(15-10)9(14)13-12-7/h3H,1-2H3. The molecule has 1 aliphatic heterocycles. The Kier molecular flexibility index (Phi) is 1.56. The number of rotatable bonds is 0. The molecule has 2 aromatic heterocycles. The number of aryl methyl sites for hydroxylation is 2. The average Bonchev–Trinajstić information content (AvgIpc) is 2.66. The summed E-state index contributed by atoms with van der Waals surface area (Å²) in [6, 6.07) is 1.99. The third kappa shape index (κ3) is 1.07. The highest BCUT2D eigenvalue weighted by Gasteiger charge is 2.25. The summed E-state index contributed by atoms with van der Waals surface area (Å²) in [7, 11) is 0. The van der Waals surface area contributed by atoms with E-state index in [4.69, 9.17) is 0 Å². The van der Waals surface area contributed by atoms with Gasteiger partial charge >= 0.3 is 5.91 Å². The number of carbonyl (C=O) groups is 1. The first-order chi connectivity index (χ1) is 7.16. The van der Waals surface area contributed by atoms with Crippen molar-refractivity contribution >= 4 is 33.1 Å². The van der Waals surface area contributed by atoms with E-state index in [1.807, 2.05) is 19.9 Å². The number of fused-ring (bicyclic) bond motifs is 3. The van der Waals surface area contributed by atoms with Crippen molar-refractivity contribution in [1.29, 1.82) is 0 Å². The Bertz CT molecular complexity index is 627. The maximum Gasteiger partial charge on any atom is 0.307 e. The SMILES string of the molecule is Cc1cc(C)c2c3c(sc2n1)C(=O)N=N3. The highest BCUT2D eigenvalue weighted by atomic mass is 32.1. The molecule has 0 bridgehead atoms. The fourth-order valence-corrected chi connectivity index (χ4v) is 2.91. The van der Waals surface area contributed by atoms with Crippen molar-refractivity contribution < 1.29 is 4.79 Å². The largest absolute Gasteiger partial charge is 0.307 e. The average molecular weight is 217 g/mol. The summed E-state index contributed by atoms with van der Waals surface area (Å²) >= 11 is 1.37. The Labute approximate surface area is 89.7 Å². The molecule has 3 heterocycles. The molecule has 3 rings (SSSR count). The van der Waals surface area contributed by atoms with Gasteiger partial charge in [-0.05, 0) is 25.5 Å². The summed E-state index contributed by atoms with van der Waals surface area (Å²) in [4.78, 5) is 17.2. The predicted molar refractivity (Wildman–Crippen MR) is 57.9 cm³/mol. The Balaban J connectivity index is 2.50. The van der Waals surface area contributed by atoms with Gasteiger partial charge in [0.15, 0.2) is 0 Å². The zero-order chi connectivity index (χ0) is 10.6. The van der Waals surface area contributed by atoms with Crippen molar-refractivity contribution in [1.82, 2.24) is 4.98 Å². The minimum Gasteiger partial charge on any atom is -0.264 e. The number of pyridine rings is 1. The van der Waals surface area contributed by atoms with Gasteiger partial charge in [-0.15, -0.1) is 21.6 Å². The molecule has 2 aromatic rings. The molecule has 0 radical (unpaired) electrons. The van der Waals surface area contributed by atoms with E-state index < -0.39 is 0 Å². The molecule has 0 fully saturated rings. The van der Waals surface area contributed by atoms with Gasteiger partial charge in [-0.2, -0.15) is 0 Å². The lowest BCUT2D eigenvalue weighted by Gasteiger charge is -1.97. The molecule has 0 aliphatic carbocycles. The number of nitrogens with zero attached hydrogens (tertiary/aromatic N) is 3. The van der Waals surface area contributed by atoms with E-state index in [1.165, 1.54) is 11.3 Å². The molecule has 0 N–H and O–H groups in total. The zero-order valence-corrected chi connectivity index (χ0v) is 9.05. The molecular formula is C10H7N3OS. The van der Waals surface area contributed by atoms with E-state index in [9.17, 15) is 4.79 Å². The van der Waals surface area contributed by atoms with Crippen LogP contribution in [-0.4, -0.2) is 10.9 Å². The highest BCUT2D eigenvalue weighted by Crippen LogP contribution is 2.42. The Morgan fingerprint density at radius 3 is 2.87 bits per heavy atom. The molecule has 0 spiro atoms. The summed E-state index contributed by atoms with van der Waals surface area (Å²) in [5.74, 6) is -0.245. The lowest BCUT2D eigenvalue weighted by Crippen LogP contribution is -1.82. The van der Waals surface area contributed by atoms with Gasteiger partial charge < -0.3 is 0 Å². The van der Waals surface area contributed by atoms with Crippen LogP contribution in [0.3, 0.4) is 0 Å². The van der Waals surface area contributed by atoms with E-state index in [-0.39, 0.29) is 5.91 Å². The molecule has 0 saturated carbocycles. The number of thiophene rings is 1. The van der Waals surface area contributed by atoms with Crippen LogP contribution >= 0.6 is 11.3 Å². The maximum absolute atomic E-state index is 11.4. The molecule has 4 nitrogen and oxygen atoms in total. The molecule has 0 unspecified atom stereocenters. The molecule has 1 aliphatic rings. The van der Waals surface area contributed by atoms with Crippen LogP contribution in [0.15, 0.2) is 16.3 Å². The van der Waals surface area contributed by atoms with Gasteiger partial charge in [-0.25, -0.2) is 4.98 Å². The van der Waals surface area contributed by atoms with Gasteiger partial charge in [0.05, 0.1) is 0 Å². The molecule has 15 heavy (non-hydrogen) atoms. The van der Waals surface area contributed by atoms with E-state index in [1.54, 1.807) is 0 Å². The van der Waals surface area contributed by atoms with Gasteiger partial charge in [0.25, 0.3) is 0 Å². The number of hydrogen-bond acceptors (Lipinski definition) is 4. The normalized spacial score (nSPS) is 13.9. The van der Waals surface area contributed by atoms with E-state index in [0.717, 1.165) is 21.5 Å². The quantitative estimate of drug-likeness (QED) is 0.680. The van der Waals surface area contributed by atoms with E-state index >= 15 is 0 Å². The molecule has 5 heteroatoms. The molecule has 1 amide bonds. The summed E-state index contributed by atoms with van der Waals surface area (Å²) in [5, 5.41) is 8.42. The third-order valence-corrected chi connectivity index (χ3v) is 3.46. The first-order valence-electron chi connectivity index (χ1n) is 4.53. The van der Waals surface area contributed by atoms with Crippen molar-refractivity contribution in [2.75, 3.05) is 0 Å². The van der Waals surface area contributed by atoms with Crippen LogP contribution in [0.1, 0.15) is 20.9 Å². The fraction of sp³-hybridized carbons (Fsp3) is 0.200. The second-order valence-electron chi connectivity index (χ2n) is 3.55. The molecule has 0 saturated heterocycles. The van der Waals surface area contributed by atoms with Crippen LogP contribution in [0.2, 0.25) is 0 Å². The smallest absolute Gasteiger partial charge is 0.264 e. The number of carbonyl (C=O) groups excluding carboxylic acids is 1. The van der Waals surface area contributed by atoms with Crippen molar-refractivity contribution in [3.63, 3.8) is 0 Å². The maximum atomic E-state index is 11.4. The van der Waals surface area contributed by atoms with E-state index in [2.05, 4.69) is 15.2 Å². The summed E-state index contributed by atoms with van der Waals surface area (Å²) in [5.41, 5.74) is 2.76. The lowest BCUT2D eigenvalue weighted by molar-refractivity contribution is 0.101. The second kappa shape index (κ2) is 2.70. The monoisotopic (exact) mass is 217 g/mol. The lowest BCUT2D eigenvalue weighted by atomic mass is 10.1. The van der Waals surface area contributed by atoms with Crippen molar-refractivity contribution in [3.8, 4) is 0 Å². The second-order valence-corrected chi connectivity index (χ2v) is 4.54. The number of aromatic nitrogens is 1. The first-order valence-corrected chi connectivity index (χ1v) is 5.35. The summed E-state index contributed by atoms with van der Waals surface area (Å²) in [6.07, 6.45) is 0. The van der Waals surface area contributed by atoms with Crippen LogP contribution < -0.4 is 0 Å². The van der Waals surface area contributed by atoms with Gasteiger partial charge in [0.1, 0.15) is 15.4 Å². The molecule has 0 aromatic carbocycles. The Morgan fingerprint density at radius 2 is 2.07 bits per heavy atom. The van der Waals surface area contributed by atoms with Crippen LogP contribution in [0, 0.1) is 13.8 Å². The van der Waals surface area contributed by atoms with Gasteiger partial charge in [0, 0.05) is 11.1 Å². The Morgan fingerprint density at radius 1 is 1.27 bits per heavy atom. The van der Waals surface area contributed by atoms with Crippen molar-refractivity contribution in [2.24, 2.45) is 10.2 Å². The summed E-state index contributed by atoms with van der Waals surface area (Å²) in [6.45, 7) is 3.95. The van der Waals surface area contributed by atoms with Crippen molar-refractivity contribution in [3.05, 3.63) is 22.2 Å². The minimum atomic E-state index is -0.245. The fourth-order valence-electron chi connectivity index (χ4n) is 1.80. The topological polar surface area (TPSA) is 54.7 Å². The first kappa shape index (κ1) is 8.67. The third-order valence-electron chi connectivity index (χ3n) is 2.40.